The molecule has 0 amide bonds. The molecule has 0 spiro atoms. The van der Waals surface area contributed by atoms with Crippen molar-refractivity contribution in [2.75, 3.05) is 0 Å². The molecule has 13 heavy (non-hydrogen) atoms. The maximum atomic E-state index is 10.9. The number of carbonyl (C=O) groups is 1. The first kappa shape index (κ1) is 8.63. The lowest BCUT2D eigenvalue weighted by Gasteiger charge is -2.08. The summed E-state index contributed by atoms with van der Waals surface area (Å²) in [6.07, 6.45) is 1.59. The Morgan fingerprint density at radius 2 is 1.92 bits per heavy atom. The first-order valence-electron chi connectivity index (χ1n) is 4.20. The Morgan fingerprint density at radius 1 is 1.31 bits per heavy atom. The van der Waals surface area contributed by atoms with Gasteiger partial charge in [-0.1, -0.05) is 18.2 Å². The Bertz CT molecular complexity index is 317. The van der Waals surface area contributed by atoms with E-state index in [9.17, 15) is 4.79 Å². The molecular formula is C10H10O2S. The highest BCUT2D eigenvalue weighted by atomic mass is 32.2. The van der Waals surface area contributed by atoms with Gasteiger partial charge in [0.1, 0.15) is 4.75 Å². The molecule has 1 aliphatic carbocycles. The third-order valence-corrected chi connectivity index (χ3v) is 3.63. The molecule has 0 bridgehead atoms. The lowest BCUT2D eigenvalue weighted by atomic mass is 10.4. The van der Waals surface area contributed by atoms with Gasteiger partial charge in [0.2, 0.25) is 0 Å². The quantitative estimate of drug-likeness (QED) is 0.802. The van der Waals surface area contributed by atoms with Gasteiger partial charge in [0, 0.05) is 4.90 Å². The van der Waals surface area contributed by atoms with E-state index in [-0.39, 0.29) is 0 Å². The van der Waals surface area contributed by atoms with Crippen molar-refractivity contribution in [3.05, 3.63) is 30.3 Å². The van der Waals surface area contributed by atoms with E-state index in [1.54, 1.807) is 0 Å². The maximum absolute atomic E-state index is 10.9. The molecule has 1 fully saturated rings. The standard InChI is InChI=1S/C10H10O2S/c11-9(12)10(6-7-10)13-8-4-2-1-3-5-8/h1-5H,6-7H2,(H,11,12). The van der Waals surface area contributed by atoms with Crippen molar-refractivity contribution in [3.63, 3.8) is 0 Å². The topological polar surface area (TPSA) is 37.3 Å². The van der Waals surface area contributed by atoms with Crippen molar-refractivity contribution in [3.8, 4) is 0 Å². The average Bonchev–Trinajstić information content (AvgIpc) is 2.87. The fraction of sp³-hybridized carbons (Fsp3) is 0.300. The lowest BCUT2D eigenvalue weighted by molar-refractivity contribution is -0.137. The minimum Gasteiger partial charge on any atom is -0.480 e. The van der Waals surface area contributed by atoms with E-state index in [1.807, 2.05) is 30.3 Å². The molecule has 0 aliphatic heterocycles. The van der Waals surface area contributed by atoms with E-state index < -0.39 is 10.7 Å². The minimum absolute atomic E-state index is 0.513. The Labute approximate surface area is 81.0 Å². The lowest BCUT2D eigenvalue weighted by Crippen LogP contribution is -2.16. The van der Waals surface area contributed by atoms with Gasteiger partial charge in [-0.25, -0.2) is 0 Å². The molecule has 1 N–H and O–H groups in total. The first-order valence-corrected chi connectivity index (χ1v) is 5.02. The Hall–Kier alpha value is -0.960. The van der Waals surface area contributed by atoms with Gasteiger partial charge in [0.05, 0.1) is 0 Å². The number of thioether (sulfide) groups is 1. The van der Waals surface area contributed by atoms with Crippen LogP contribution in [0, 0.1) is 0 Å². The van der Waals surface area contributed by atoms with Gasteiger partial charge in [-0.05, 0) is 25.0 Å². The summed E-state index contributed by atoms with van der Waals surface area (Å²) < 4.78 is -0.513. The van der Waals surface area contributed by atoms with Crippen molar-refractivity contribution in [2.24, 2.45) is 0 Å². The van der Waals surface area contributed by atoms with Crippen molar-refractivity contribution < 1.29 is 9.90 Å². The summed E-state index contributed by atoms with van der Waals surface area (Å²) >= 11 is 1.47. The predicted molar refractivity (Wildman–Crippen MR) is 51.9 cm³/mol. The minimum atomic E-state index is -0.679. The number of rotatable bonds is 3. The summed E-state index contributed by atoms with van der Waals surface area (Å²) in [5.74, 6) is -0.679. The van der Waals surface area contributed by atoms with Gasteiger partial charge in [0.15, 0.2) is 0 Å². The van der Waals surface area contributed by atoms with Gasteiger partial charge in [-0.15, -0.1) is 11.8 Å². The molecule has 0 heterocycles. The molecule has 0 unspecified atom stereocenters. The van der Waals surface area contributed by atoms with Gasteiger partial charge < -0.3 is 5.11 Å². The largest absolute Gasteiger partial charge is 0.480 e. The van der Waals surface area contributed by atoms with Crippen molar-refractivity contribution in [1.82, 2.24) is 0 Å². The van der Waals surface area contributed by atoms with Gasteiger partial charge in [-0.2, -0.15) is 0 Å². The number of carboxylic acids is 1. The van der Waals surface area contributed by atoms with Gasteiger partial charge in [0.25, 0.3) is 0 Å². The van der Waals surface area contributed by atoms with Gasteiger partial charge >= 0.3 is 5.97 Å². The molecule has 0 radical (unpaired) electrons. The van der Waals surface area contributed by atoms with Crippen LogP contribution in [0.4, 0.5) is 0 Å². The summed E-state index contributed by atoms with van der Waals surface area (Å²) in [7, 11) is 0. The highest BCUT2D eigenvalue weighted by molar-refractivity contribution is 8.01. The molecule has 2 rings (SSSR count). The van der Waals surface area contributed by atoms with E-state index in [0.29, 0.717) is 0 Å². The summed E-state index contributed by atoms with van der Waals surface area (Å²) in [5.41, 5.74) is 0. The highest BCUT2D eigenvalue weighted by Crippen LogP contribution is 2.51. The second-order valence-corrected chi connectivity index (χ2v) is 4.67. The smallest absolute Gasteiger partial charge is 0.320 e. The zero-order valence-corrected chi connectivity index (χ0v) is 7.88. The number of hydrogen-bond acceptors (Lipinski definition) is 2. The third-order valence-electron chi connectivity index (χ3n) is 2.15. The molecule has 1 saturated carbocycles. The van der Waals surface area contributed by atoms with Gasteiger partial charge in [-0.3, -0.25) is 4.79 Å². The van der Waals surface area contributed by atoms with E-state index >= 15 is 0 Å². The van der Waals surface area contributed by atoms with E-state index in [1.165, 1.54) is 11.8 Å². The van der Waals surface area contributed by atoms with Crippen LogP contribution in [0.25, 0.3) is 0 Å². The molecule has 1 aromatic carbocycles. The van der Waals surface area contributed by atoms with Crippen LogP contribution in [0.2, 0.25) is 0 Å². The normalized spacial score (nSPS) is 18.2. The monoisotopic (exact) mass is 194 g/mol. The second kappa shape index (κ2) is 3.07. The van der Waals surface area contributed by atoms with Crippen LogP contribution >= 0.6 is 11.8 Å². The Kier molecular flexibility index (Phi) is 2.04. The van der Waals surface area contributed by atoms with Crippen molar-refractivity contribution >= 4 is 17.7 Å². The van der Waals surface area contributed by atoms with Crippen molar-refractivity contribution in [1.29, 1.82) is 0 Å². The molecule has 0 atom stereocenters. The highest BCUT2D eigenvalue weighted by Gasteiger charge is 2.51. The predicted octanol–water partition coefficient (Wildman–Crippen LogP) is 2.40. The second-order valence-electron chi connectivity index (χ2n) is 3.21. The fourth-order valence-corrected chi connectivity index (χ4v) is 2.33. The molecule has 1 aromatic rings. The molecular weight excluding hydrogens is 184 g/mol. The average molecular weight is 194 g/mol. The maximum Gasteiger partial charge on any atom is 0.320 e. The van der Waals surface area contributed by atoms with Crippen LogP contribution < -0.4 is 0 Å². The third kappa shape index (κ3) is 1.70. The zero-order valence-electron chi connectivity index (χ0n) is 7.06. The van der Waals surface area contributed by atoms with Crippen LogP contribution in [0.1, 0.15) is 12.8 Å². The number of benzene rings is 1. The fourth-order valence-electron chi connectivity index (χ4n) is 1.19. The van der Waals surface area contributed by atoms with Crippen LogP contribution in [0.5, 0.6) is 0 Å². The number of hydrogen-bond donors (Lipinski definition) is 1. The van der Waals surface area contributed by atoms with Crippen LogP contribution in [-0.2, 0) is 4.79 Å². The van der Waals surface area contributed by atoms with E-state index in [0.717, 1.165) is 17.7 Å². The summed E-state index contributed by atoms with van der Waals surface area (Å²) in [6, 6.07) is 9.70. The zero-order chi connectivity index (χ0) is 9.31. The molecule has 1 aliphatic rings. The number of carboxylic acid groups (broad SMARTS) is 1. The van der Waals surface area contributed by atoms with E-state index in [2.05, 4.69) is 0 Å². The molecule has 2 nitrogen and oxygen atoms in total. The van der Waals surface area contributed by atoms with Crippen LogP contribution in [0.3, 0.4) is 0 Å². The molecule has 68 valence electrons. The van der Waals surface area contributed by atoms with Crippen LogP contribution in [-0.4, -0.2) is 15.8 Å². The molecule has 0 aromatic heterocycles. The SMILES string of the molecule is O=C(O)C1(Sc2ccccc2)CC1. The molecule has 0 saturated heterocycles. The summed E-state index contributed by atoms with van der Waals surface area (Å²) in [5, 5.41) is 8.94. The van der Waals surface area contributed by atoms with Crippen LogP contribution in [0.15, 0.2) is 35.2 Å². The van der Waals surface area contributed by atoms with Crippen molar-refractivity contribution in [2.45, 2.75) is 22.5 Å². The first-order chi connectivity index (χ1) is 6.23. The Balaban J connectivity index is 2.11. The van der Waals surface area contributed by atoms with E-state index in [4.69, 9.17) is 5.11 Å². The molecule has 3 heteroatoms. The summed E-state index contributed by atoms with van der Waals surface area (Å²) in [6.45, 7) is 0. The summed E-state index contributed by atoms with van der Waals surface area (Å²) in [4.78, 5) is 11.9. The Morgan fingerprint density at radius 3 is 2.38 bits per heavy atom. The number of aliphatic carboxylic acids is 1.